The highest BCUT2D eigenvalue weighted by molar-refractivity contribution is 5.33. The van der Waals surface area contributed by atoms with Gasteiger partial charge in [0, 0.05) is 25.7 Å². The summed E-state index contributed by atoms with van der Waals surface area (Å²) in [6, 6.07) is 20.5. The predicted molar refractivity (Wildman–Crippen MR) is 135 cm³/mol. The van der Waals surface area contributed by atoms with Crippen LogP contribution in [0.1, 0.15) is 68.9 Å². The fraction of sp³-hybridized carbons (Fsp3) is 0.586. The van der Waals surface area contributed by atoms with Gasteiger partial charge in [-0.3, -0.25) is 0 Å². The number of piperidine rings is 1. The van der Waals surface area contributed by atoms with E-state index in [9.17, 15) is 0 Å². The lowest BCUT2D eigenvalue weighted by Crippen LogP contribution is -2.40. The normalized spacial score (nSPS) is 21.6. The molecule has 2 aromatic carbocycles. The number of ether oxygens (including phenoxy) is 1. The topological polar surface area (TPSA) is 15.7 Å². The molecule has 3 heteroatoms. The van der Waals surface area contributed by atoms with E-state index in [-0.39, 0.29) is 0 Å². The first-order valence-corrected chi connectivity index (χ1v) is 12.9. The maximum atomic E-state index is 6.54. The zero-order valence-electron chi connectivity index (χ0n) is 20.2. The molecule has 3 nitrogen and oxygen atoms in total. The maximum Gasteiger partial charge on any atom is 0.122 e. The highest BCUT2D eigenvalue weighted by Gasteiger charge is 2.23. The summed E-state index contributed by atoms with van der Waals surface area (Å²) in [7, 11) is 2.29. The molecular formula is C29H42N2O. The van der Waals surface area contributed by atoms with Crippen molar-refractivity contribution in [3.05, 3.63) is 65.7 Å². The Balaban J connectivity index is 1.20. The lowest BCUT2D eigenvalue weighted by atomic mass is 9.99. The molecule has 0 amide bonds. The van der Waals surface area contributed by atoms with Gasteiger partial charge in [-0.1, -0.05) is 61.9 Å². The fourth-order valence-electron chi connectivity index (χ4n) is 5.53. The average molecular weight is 435 g/mol. The Hall–Kier alpha value is -1.84. The Bertz CT molecular complexity index is 800. The Kier molecular flexibility index (Phi) is 8.64. The molecule has 2 fully saturated rings. The lowest BCUT2D eigenvalue weighted by Gasteiger charge is -2.34. The summed E-state index contributed by atoms with van der Waals surface area (Å²) >= 11 is 0. The second kappa shape index (κ2) is 11.9. The maximum absolute atomic E-state index is 6.54. The Morgan fingerprint density at radius 3 is 2.41 bits per heavy atom. The zero-order chi connectivity index (χ0) is 22.2. The molecule has 0 radical (unpaired) electrons. The van der Waals surface area contributed by atoms with Gasteiger partial charge in [-0.15, -0.1) is 0 Å². The van der Waals surface area contributed by atoms with Crippen molar-refractivity contribution in [3.8, 4) is 5.75 Å². The van der Waals surface area contributed by atoms with E-state index in [1.54, 1.807) is 0 Å². The SMILES string of the molecule is CC(CN1CCC(Oc2ccccc2CCCCC2CCCN2C)CC1)c1ccccc1. The Morgan fingerprint density at radius 2 is 1.66 bits per heavy atom. The van der Waals surface area contributed by atoms with E-state index in [0.717, 1.165) is 50.7 Å². The van der Waals surface area contributed by atoms with Crippen molar-refractivity contribution in [2.24, 2.45) is 0 Å². The molecule has 32 heavy (non-hydrogen) atoms. The fourth-order valence-corrected chi connectivity index (χ4v) is 5.53. The number of hydrogen-bond donors (Lipinski definition) is 0. The molecule has 0 N–H and O–H groups in total. The first-order valence-electron chi connectivity index (χ1n) is 12.9. The van der Waals surface area contributed by atoms with Gasteiger partial charge in [-0.05, 0) is 81.6 Å². The van der Waals surface area contributed by atoms with Gasteiger partial charge in [-0.2, -0.15) is 0 Å². The minimum atomic E-state index is 0.353. The monoisotopic (exact) mass is 434 g/mol. The summed E-state index contributed by atoms with van der Waals surface area (Å²) in [5, 5.41) is 0. The minimum absolute atomic E-state index is 0.353. The summed E-state index contributed by atoms with van der Waals surface area (Å²) in [4.78, 5) is 5.16. The van der Waals surface area contributed by atoms with Crippen molar-refractivity contribution in [1.82, 2.24) is 9.80 Å². The van der Waals surface area contributed by atoms with Gasteiger partial charge in [-0.25, -0.2) is 0 Å². The number of rotatable bonds is 10. The lowest BCUT2D eigenvalue weighted by molar-refractivity contribution is 0.0970. The van der Waals surface area contributed by atoms with Gasteiger partial charge >= 0.3 is 0 Å². The summed E-state index contributed by atoms with van der Waals surface area (Å²) in [5.41, 5.74) is 2.84. The third kappa shape index (κ3) is 6.59. The van der Waals surface area contributed by atoms with E-state index in [1.807, 2.05) is 0 Å². The molecule has 2 atom stereocenters. The number of aryl methyl sites for hydroxylation is 1. The molecule has 2 aliphatic rings. The molecule has 2 saturated heterocycles. The van der Waals surface area contributed by atoms with Crippen molar-refractivity contribution in [1.29, 1.82) is 0 Å². The van der Waals surface area contributed by atoms with E-state index in [1.165, 1.54) is 49.8 Å². The molecule has 0 aliphatic carbocycles. The number of unbranched alkanes of at least 4 members (excludes halogenated alkanes) is 1. The summed E-state index contributed by atoms with van der Waals surface area (Å²) in [6.07, 6.45) is 10.4. The third-order valence-electron chi connectivity index (χ3n) is 7.61. The largest absolute Gasteiger partial charge is 0.490 e. The highest BCUT2D eigenvalue weighted by atomic mass is 16.5. The van der Waals surface area contributed by atoms with Gasteiger partial charge in [0.25, 0.3) is 0 Å². The van der Waals surface area contributed by atoms with Crippen molar-refractivity contribution >= 4 is 0 Å². The second-order valence-corrected chi connectivity index (χ2v) is 10.1. The number of hydrogen-bond acceptors (Lipinski definition) is 3. The molecule has 2 heterocycles. The Morgan fingerprint density at radius 1 is 0.906 bits per heavy atom. The molecule has 174 valence electrons. The van der Waals surface area contributed by atoms with Gasteiger partial charge in [0.15, 0.2) is 0 Å². The van der Waals surface area contributed by atoms with Crippen LogP contribution in [0.15, 0.2) is 54.6 Å². The molecule has 2 aromatic rings. The van der Waals surface area contributed by atoms with Crippen LogP contribution in [0.5, 0.6) is 5.75 Å². The quantitative estimate of drug-likeness (QED) is 0.418. The van der Waals surface area contributed by atoms with E-state index in [4.69, 9.17) is 4.74 Å². The number of likely N-dealkylation sites (tertiary alicyclic amines) is 2. The molecule has 0 saturated carbocycles. The predicted octanol–water partition coefficient (Wildman–Crippen LogP) is 6.14. The van der Waals surface area contributed by atoms with Crippen LogP contribution in [-0.2, 0) is 6.42 Å². The number of benzene rings is 2. The Labute approximate surface area is 195 Å². The zero-order valence-corrected chi connectivity index (χ0v) is 20.2. The summed E-state index contributed by atoms with van der Waals surface area (Å²) in [6.45, 7) is 7.05. The van der Waals surface area contributed by atoms with Gasteiger partial charge < -0.3 is 14.5 Å². The van der Waals surface area contributed by atoms with Crippen molar-refractivity contribution in [3.63, 3.8) is 0 Å². The van der Waals surface area contributed by atoms with Crippen LogP contribution in [0.4, 0.5) is 0 Å². The van der Waals surface area contributed by atoms with Crippen LogP contribution in [0.3, 0.4) is 0 Å². The molecule has 0 spiro atoms. The smallest absolute Gasteiger partial charge is 0.122 e. The first kappa shape index (κ1) is 23.3. The molecule has 2 aliphatic heterocycles. The van der Waals surface area contributed by atoms with Crippen LogP contribution in [0.25, 0.3) is 0 Å². The number of nitrogens with zero attached hydrogens (tertiary/aromatic N) is 2. The van der Waals surface area contributed by atoms with E-state index < -0.39 is 0 Å². The van der Waals surface area contributed by atoms with Crippen molar-refractivity contribution < 1.29 is 4.74 Å². The van der Waals surface area contributed by atoms with Crippen LogP contribution in [0, 0.1) is 0 Å². The van der Waals surface area contributed by atoms with Crippen LogP contribution >= 0.6 is 0 Å². The van der Waals surface area contributed by atoms with Crippen molar-refractivity contribution in [2.45, 2.75) is 76.4 Å². The van der Waals surface area contributed by atoms with Gasteiger partial charge in [0.2, 0.25) is 0 Å². The third-order valence-corrected chi connectivity index (χ3v) is 7.61. The molecule has 0 aromatic heterocycles. The molecule has 4 rings (SSSR count). The minimum Gasteiger partial charge on any atom is -0.490 e. The van der Waals surface area contributed by atoms with Gasteiger partial charge in [0.05, 0.1) is 0 Å². The first-order chi connectivity index (χ1) is 15.7. The highest BCUT2D eigenvalue weighted by Crippen LogP contribution is 2.27. The van der Waals surface area contributed by atoms with Crippen LogP contribution in [0.2, 0.25) is 0 Å². The standard InChI is InChI=1S/C29H42N2O/c1-24(25-11-4-3-5-12-25)23-31-21-18-28(19-22-31)32-29-17-9-7-14-26(29)13-6-8-15-27-16-10-20-30(27)2/h3-5,7,9,11-12,14,17,24,27-28H,6,8,10,13,15-16,18-23H2,1-2H3. The molecular weight excluding hydrogens is 392 g/mol. The van der Waals surface area contributed by atoms with E-state index in [2.05, 4.69) is 78.4 Å². The van der Waals surface area contributed by atoms with E-state index >= 15 is 0 Å². The van der Waals surface area contributed by atoms with Crippen LogP contribution < -0.4 is 4.74 Å². The molecule has 0 bridgehead atoms. The summed E-state index contributed by atoms with van der Waals surface area (Å²) in [5.74, 6) is 1.71. The second-order valence-electron chi connectivity index (χ2n) is 10.1. The van der Waals surface area contributed by atoms with E-state index in [0.29, 0.717) is 12.0 Å². The summed E-state index contributed by atoms with van der Waals surface area (Å²) < 4.78 is 6.54. The van der Waals surface area contributed by atoms with Gasteiger partial charge in [0.1, 0.15) is 11.9 Å². The average Bonchev–Trinajstić information content (AvgIpc) is 3.24. The van der Waals surface area contributed by atoms with Crippen molar-refractivity contribution in [2.75, 3.05) is 33.2 Å². The molecule has 2 unspecified atom stereocenters. The number of para-hydroxylation sites is 1. The van der Waals surface area contributed by atoms with Crippen LogP contribution in [-0.4, -0.2) is 55.2 Å².